The van der Waals surface area contributed by atoms with E-state index >= 15 is 0 Å². The van der Waals surface area contributed by atoms with Crippen LogP contribution in [-0.2, 0) is 7.05 Å². The summed E-state index contributed by atoms with van der Waals surface area (Å²) in [4.78, 5) is 0. The number of hydrogen-bond acceptors (Lipinski definition) is 1. The maximum absolute atomic E-state index is 11.1. The molecular weight excluding hydrogens is 382 g/mol. The Hall–Kier alpha value is -3.56. The molecule has 1 aromatic heterocycles. The van der Waals surface area contributed by atoms with Gasteiger partial charge >= 0.3 is 0 Å². The van der Waals surface area contributed by atoms with Crippen molar-refractivity contribution in [1.29, 1.82) is 0 Å². The van der Waals surface area contributed by atoms with Crippen molar-refractivity contribution in [2.45, 2.75) is 0 Å². The van der Waals surface area contributed by atoms with E-state index in [1.54, 1.807) is 0 Å². The summed E-state index contributed by atoms with van der Waals surface area (Å²) in [5.74, 6) is 0.349. The van der Waals surface area contributed by atoms with E-state index in [0.29, 0.717) is 5.75 Å². The average molecular weight is 406 g/mol. The Morgan fingerprint density at radius 2 is 1.17 bits per heavy atom. The molecule has 0 unspecified atom stereocenters. The predicted octanol–water partition coefficient (Wildman–Crippen LogP) is 3.26. The van der Waals surface area contributed by atoms with Crippen molar-refractivity contribution in [3.8, 4) is 5.75 Å². The highest BCUT2D eigenvalue weighted by atomic mass is 28.3. The van der Waals surface area contributed by atoms with Crippen LogP contribution >= 0.6 is 0 Å². The Morgan fingerprint density at radius 3 is 1.77 bits per heavy atom. The van der Waals surface area contributed by atoms with Crippen LogP contribution in [0.3, 0.4) is 0 Å². The molecular formula is C27H23NOSi. The second-order valence-corrected chi connectivity index (χ2v) is 11.4. The van der Waals surface area contributed by atoms with Gasteiger partial charge in [-0.25, -0.2) is 0 Å². The van der Waals surface area contributed by atoms with E-state index in [2.05, 4.69) is 109 Å². The first-order valence-corrected chi connectivity index (χ1v) is 12.2. The van der Waals surface area contributed by atoms with E-state index in [9.17, 15) is 5.11 Å². The van der Waals surface area contributed by atoms with Crippen molar-refractivity contribution < 1.29 is 5.11 Å². The molecule has 1 heterocycles. The number of rotatable bonds is 4. The summed E-state index contributed by atoms with van der Waals surface area (Å²) in [6, 6.07) is 40.0. The van der Waals surface area contributed by atoms with Gasteiger partial charge in [-0.2, -0.15) is 0 Å². The van der Waals surface area contributed by atoms with Crippen molar-refractivity contribution in [2.24, 2.45) is 7.05 Å². The van der Waals surface area contributed by atoms with Crippen molar-refractivity contribution in [3.63, 3.8) is 0 Å². The molecule has 0 bridgehead atoms. The van der Waals surface area contributed by atoms with Gasteiger partial charge in [-0.15, -0.1) is 0 Å². The Morgan fingerprint density at radius 1 is 0.633 bits per heavy atom. The molecule has 5 aromatic rings. The molecule has 4 aromatic carbocycles. The maximum atomic E-state index is 11.1. The fraction of sp³-hybridized carbons (Fsp3) is 0.0370. The summed E-state index contributed by atoms with van der Waals surface area (Å²) in [5.41, 5.74) is 1.20. The van der Waals surface area contributed by atoms with Crippen LogP contribution in [0, 0.1) is 0 Å². The zero-order valence-electron chi connectivity index (χ0n) is 16.9. The number of aromatic nitrogens is 1. The van der Waals surface area contributed by atoms with Crippen molar-refractivity contribution in [3.05, 3.63) is 115 Å². The van der Waals surface area contributed by atoms with Gasteiger partial charge in [0.1, 0.15) is 5.75 Å². The molecule has 0 saturated carbocycles. The minimum atomic E-state index is -2.76. The summed E-state index contributed by atoms with van der Waals surface area (Å²) in [6.07, 6.45) is 0. The van der Waals surface area contributed by atoms with Gasteiger partial charge in [-0.3, -0.25) is 0 Å². The van der Waals surface area contributed by atoms with Gasteiger partial charge < -0.3 is 9.67 Å². The first-order chi connectivity index (χ1) is 14.7. The molecule has 1 N–H and O–H groups in total. The van der Waals surface area contributed by atoms with E-state index in [4.69, 9.17) is 0 Å². The highest BCUT2D eigenvalue weighted by Gasteiger charge is 2.45. The molecule has 0 fully saturated rings. The number of hydrogen-bond donors (Lipinski definition) is 1. The standard InChI is InChI=1S/C27H23NOSi/c1-28-24-17-9-8-12-21(24)20-27(28)30(22-13-4-2-5-14-22,23-15-6-3-7-16-23)26-19-11-10-18-25(26)29/h2-20,29H,1H3. The molecule has 0 amide bonds. The number of benzene rings is 4. The van der Waals surface area contributed by atoms with Crippen LogP contribution < -0.4 is 20.9 Å². The van der Waals surface area contributed by atoms with Gasteiger partial charge in [0.25, 0.3) is 0 Å². The first-order valence-electron chi connectivity index (χ1n) is 10.2. The van der Waals surface area contributed by atoms with Crippen LogP contribution in [0.4, 0.5) is 0 Å². The monoisotopic (exact) mass is 405 g/mol. The van der Waals surface area contributed by atoms with Gasteiger partial charge in [-0.05, 0) is 39.1 Å². The number of fused-ring (bicyclic) bond motifs is 1. The lowest BCUT2D eigenvalue weighted by molar-refractivity contribution is 0.479. The van der Waals surface area contributed by atoms with Gasteiger partial charge in [0.15, 0.2) is 0 Å². The van der Waals surface area contributed by atoms with Crippen LogP contribution in [0.2, 0.25) is 0 Å². The lowest BCUT2D eigenvalue weighted by Gasteiger charge is -2.34. The van der Waals surface area contributed by atoms with E-state index in [0.717, 1.165) is 5.19 Å². The maximum Gasteiger partial charge on any atom is 0.202 e. The largest absolute Gasteiger partial charge is 0.508 e. The number of phenolic OH excluding ortho intramolecular Hbond substituents is 1. The van der Waals surface area contributed by atoms with Gasteiger partial charge in [0.05, 0.1) is 0 Å². The molecule has 0 radical (unpaired) electrons. The SMILES string of the molecule is Cn1c([Si](c2ccccc2)(c2ccccc2)c2ccccc2O)cc2ccccc21. The quantitative estimate of drug-likeness (QED) is 0.360. The second-order valence-electron chi connectivity index (χ2n) is 7.65. The number of aryl methyl sites for hydroxylation is 1. The molecule has 0 aliphatic rings. The fourth-order valence-electron chi connectivity index (χ4n) is 4.73. The zero-order valence-corrected chi connectivity index (χ0v) is 17.9. The van der Waals surface area contributed by atoms with Gasteiger partial charge in [0.2, 0.25) is 8.07 Å². The van der Waals surface area contributed by atoms with Crippen LogP contribution in [0.5, 0.6) is 5.75 Å². The summed E-state index contributed by atoms with van der Waals surface area (Å²) in [7, 11) is -0.615. The molecule has 3 heteroatoms. The molecule has 0 aliphatic carbocycles. The third-order valence-electron chi connectivity index (χ3n) is 6.06. The summed E-state index contributed by atoms with van der Waals surface area (Å²) < 4.78 is 2.31. The van der Waals surface area contributed by atoms with Crippen molar-refractivity contribution >= 4 is 39.9 Å². The molecule has 30 heavy (non-hydrogen) atoms. The smallest absolute Gasteiger partial charge is 0.202 e. The number of para-hydroxylation sites is 2. The lowest BCUT2D eigenvalue weighted by Crippen LogP contribution is -2.76. The molecule has 146 valence electrons. The number of phenols is 1. The summed E-state index contributed by atoms with van der Waals surface area (Å²) in [5, 5.41) is 17.1. The lowest BCUT2D eigenvalue weighted by atomic mass is 10.2. The molecule has 5 rings (SSSR count). The minimum absolute atomic E-state index is 0.349. The van der Waals surface area contributed by atoms with Crippen LogP contribution in [0.1, 0.15) is 0 Å². The minimum Gasteiger partial charge on any atom is -0.508 e. The molecule has 0 aliphatic heterocycles. The van der Waals surface area contributed by atoms with E-state index in [1.807, 2.05) is 18.2 Å². The zero-order chi connectivity index (χ0) is 20.6. The van der Waals surface area contributed by atoms with Crippen LogP contribution in [0.25, 0.3) is 10.9 Å². The normalized spacial score (nSPS) is 11.6. The number of nitrogens with zero attached hydrogens (tertiary/aromatic N) is 1. The second kappa shape index (κ2) is 7.36. The summed E-state index contributed by atoms with van der Waals surface area (Å²) in [6.45, 7) is 0. The molecule has 0 atom stereocenters. The predicted molar refractivity (Wildman–Crippen MR) is 128 cm³/mol. The van der Waals surface area contributed by atoms with E-state index in [1.165, 1.54) is 26.6 Å². The Bertz CT molecular complexity index is 1270. The Balaban J connectivity index is 1.99. The van der Waals surface area contributed by atoms with Gasteiger partial charge in [0, 0.05) is 17.9 Å². The van der Waals surface area contributed by atoms with E-state index in [-0.39, 0.29) is 0 Å². The highest BCUT2D eigenvalue weighted by Crippen LogP contribution is 2.20. The van der Waals surface area contributed by atoms with Crippen molar-refractivity contribution in [1.82, 2.24) is 4.57 Å². The van der Waals surface area contributed by atoms with Crippen LogP contribution in [-0.4, -0.2) is 17.7 Å². The topological polar surface area (TPSA) is 25.2 Å². The Labute approximate surface area is 177 Å². The van der Waals surface area contributed by atoms with Gasteiger partial charge in [-0.1, -0.05) is 97.1 Å². The number of aromatic hydroxyl groups is 1. The molecule has 0 saturated heterocycles. The average Bonchev–Trinajstić information content (AvgIpc) is 3.14. The molecule has 2 nitrogen and oxygen atoms in total. The Kier molecular flexibility index (Phi) is 4.53. The fourth-order valence-corrected chi connectivity index (χ4v) is 9.74. The van der Waals surface area contributed by atoms with E-state index < -0.39 is 8.07 Å². The summed E-state index contributed by atoms with van der Waals surface area (Å²) >= 11 is 0. The molecule has 0 spiro atoms. The van der Waals surface area contributed by atoms with Crippen LogP contribution in [0.15, 0.2) is 115 Å². The third kappa shape index (κ3) is 2.71. The first kappa shape index (κ1) is 18.5. The highest BCUT2D eigenvalue weighted by molar-refractivity contribution is 7.20. The third-order valence-corrected chi connectivity index (χ3v) is 10.9. The van der Waals surface area contributed by atoms with Crippen molar-refractivity contribution in [2.75, 3.05) is 0 Å².